The van der Waals surface area contributed by atoms with Crippen molar-refractivity contribution in [3.8, 4) is 11.3 Å². The SMILES string of the molecule is Cc1noc2nc(-c3ccccc3F)cc(C(=O)Nc3cccc(N4CCCC4=O)c3)c12. The zero-order valence-electron chi connectivity index (χ0n) is 17.3. The summed E-state index contributed by atoms with van der Waals surface area (Å²) in [6.07, 6.45) is 1.34. The number of rotatable bonds is 4. The minimum atomic E-state index is -0.454. The fraction of sp³-hybridized carbons (Fsp3) is 0.167. The molecule has 1 fully saturated rings. The first-order chi connectivity index (χ1) is 15.5. The second-order valence-corrected chi connectivity index (χ2v) is 7.64. The Morgan fingerprint density at radius 2 is 2.00 bits per heavy atom. The van der Waals surface area contributed by atoms with Crippen molar-refractivity contribution in [1.29, 1.82) is 0 Å². The van der Waals surface area contributed by atoms with Crippen LogP contribution in [0.3, 0.4) is 0 Å². The molecule has 7 nitrogen and oxygen atoms in total. The average Bonchev–Trinajstić information content (AvgIpc) is 3.39. The molecule has 1 saturated heterocycles. The van der Waals surface area contributed by atoms with Crippen LogP contribution in [-0.4, -0.2) is 28.5 Å². The monoisotopic (exact) mass is 430 g/mol. The average molecular weight is 430 g/mol. The van der Waals surface area contributed by atoms with E-state index in [0.29, 0.717) is 29.7 Å². The molecule has 0 atom stereocenters. The topological polar surface area (TPSA) is 88.3 Å². The molecule has 1 aliphatic heterocycles. The van der Waals surface area contributed by atoms with Crippen LogP contribution in [0.4, 0.5) is 15.8 Å². The van der Waals surface area contributed by atoms with Gasteiger partial charge in [-0.3, -0.25) is 9.59 Å². The van der Waals surface area contributed by atoms with Crippen LogP contribution in [0.1, 0.15) is 28.9 Å². The van der Waals surface area contributed by atoms with Crippen molar-refractivity contribution < 1.29 is 18.5 Å². The third-order valence-corrected chi connectivity index (χ3v) is 5.50. The Hall–Kier alpha value is -4.07. The molecule has 2 aromatic carbocycles. The van der Waals surface area contributed by atoms with Crippen LogP contribution in [0.2, 0.25) is 0 Å². The number of benzene rings is 2. The fourth-order valence-corrected chi connectivity index (χ4v) is 3.95. The number of aryl methyl sites for hydroxylation is 1. The lowest BCUT2D eigenvalue weighted by atomic mass is 10.0. The summed E-state index contributed by atoms with van der Waals surface area (Å²) in [5, 5.41) is 7.26. The van der Waals surface area contributed by atoms with E-state index in [0.717, 1.165) is 12.1 Å². The highest BCUT2D eigenvalue weighted by molar-refractivity contribution is 6.13. The number of fused-ring (bicyclic) bond motifs is 1. The number of hydrogen-bond acceptors (Lipinski definition) is 5. The smallest absolute Gasteiger partial charge is 0.259 e. The maximum absolute atomic E-state index is 14.4. The minimum absolute atomic E-state index is 0.0685. The molecule has 1 aliphatic rings. The Bertz CT molecular complexity index is 1360. The largest absolute Gasteiger partial charge is 0.335 e. The van der Waals surface area contributed by atoms with E-state index in [1.165, 1.54) is 12.1 Å². The van der Waals surface area contributed by atoms with Crippen LogP contribution in [0.5, 0.6) is 0 Å². The van der Waals surface area contributed by atoms with Crippen molar-refractivity contribution in [3.05, 3.63) is 71.7 Å². The van der Waals surface area contributed by atoms with E-state index in [1.807, 2.05) is 6.07 Å². The van der Waals surface area contributed by atoms with E-state index in [-0.39, 0.29) is 28.4 Å². The van der Waals surface area contributed by atoms with Crippen molar-refractivity contribution in [2.75, 3.05) is 16.8 Å². The predicted octanol–water partition coefficient (Wildman–Crippen LogP) is 4.72. The second kappa shape index (κ2) is 7.88. The highest BCUT2D eigenvalue weighted by atomic mass is 19.1. The first-order valence-electron chi connectivity index (χ1n) is 10.2. The van der Waals surface area contributed by atoms with Crippen LogP contribution < -0.4 is 10.2 Å². The number of carbonyl (C=O) groups is 2. The number of pyridine rings is 1. The molecular weight excluding hydrogens is 411 g/mol. The molecule has 2 amide bonds. The molecule has 0 radical (unpaired) electrons. The first kappa shape index (κ1) is 19.9. The summed E-state index contributed by atoms with van der Waals surface area (Å²) >= 11 is 0. The zero-order chi connectivity index (χ0) is 22.2. The molecule has 32 heavy (non-hydrogen) atoms. The number of nitrogens with zero attached hydrogens (tertiary/aromatic N) is 3. The van der Waals surface area contributed by atoms with Gasteiger partial charge in [0.1, 0.15) is 5.82 Å². The molecule has 1 N–H and O–H groups in total. The molecule has 8 heteroatoms. The van der Waals surface area contributed by atoms with Crippen LogP contribution in [0.25, 0.3) is 22.4 Å². The van der Waals surface area contributed by atoms with E-state index < -0.39 is 11.7 Å². The summed E-state index contributed by atoms with van der Waals surface area (Å²) in [5.74, 6) is -0.796. The van der Waals surface area contributed by atoms with Crippen LogP contribution in [0, 0.1) is 12.7 Å². The van der Waals surface area contributed by atoms with Gasteiger partial charge < -0.3 is 14.7 Å². The van der Waals surface area contributed by atoms with Gasteiger partial charge in [0.25, 0.3) is 11.6 Å². The Morgan fingerprint density at radius 1 is 1.16 bits per heavy atom. The van der Waals surface area contributed by atoms with E-state index in [4.69, 9.17) is 4.52 Å². The summed E-state index contributed by atoms with van der Waals surface area (Å²) in [6.45, 7) is 2.37. The quantitative estimate of drug-likeness (QED) is 0.506. The Morgan fingerprint density at radius 3 is 2.78 bits per heavy atom. The number of amides is 2. The van der Waals surface area contributed by atoms with E-state index >= 15 is 0 Å². The Labute approximate surface area is 182 Å². The van der Waals surface area contributed by atoms with Crippen LogP contribution in [0.15, 0.2) is 59.1 Å². The molecule has 160 valence electrons. The first-order valence-corrected chi connectivity index (χ1v) is 10.2. The van der Waals surface area contributed by atoms with Crippen molar-refractivity contribution in [1.82, 2.24) is 10.1 Å². The molecule has 3 heterocycles. The highest BCUT2D eigenvalue weighted by Gasteiger charge is 2.23. The second-order valence-electron chi connectivity index (χ2n) is 7.64. The van der Waals surface area contributed by atoms with Crippen molar-refractivity contribution in [2.24, 2.45) is 0 Å². The minimum Gasteiger partial charge on any atom is -0.335 e. The summed E-state index contributed by atoms with van der Waals surface area (Å²) < 4.78 is 19.6. The van der Waals surface area contributed by atoms with E-state index in [1.54, 1.807) is 48.2 Å². The lowest BCUT2D eigenvalue weighted by Gasteiger charge is -2.17. The van der Waals surface area contributed by atoms with Crippen molar-refractivity contribution in [3.63, 3.8) is 0 Å². The maximum Gasteiger partial charge on any atom is 0.259 e. The molecule has 0 spiro atoms. The molecule has 0 unspecified atom stereocenters. The molecule has 0 saturated carbocycles. The third-order valence-electron chi connectivity index (χ3n) is 5.50. The fourth-order valence-electron chi connectivity index (χ4n) is 3.95. The lowest BCUT2D eigenvalue weighted by molar-refractivity contribution is -0.117. The normalized spacial score (nSPS) is 13.7. The summed E-state index contributed by atoms with van der Waals surface area (Å²) in [7, 11) is 0. The highest BCUT2D eigenvalue weighted by Crippen LogP contribution is 2.30. The van der Waals surface area contributed by atoms with Gasteiger partial charge in [-0.2, -0.15) is 0 Å². The number of anilines is 2. The molecule has 0 aliphatic carbocycles. The maximum atomic E-state index is 14.4. The van der Waals surface area contributed by atoms with Gasteiger partial charge in [0.05, 0.1) is 22.3 Å². The Kier molecular flexibility index (Phi) is 4.89. The summed E-state index contributed by atoms with van der Waals surface area (Å²) in [6, 6.07) is 14.9. The van der Waals surface area contributed by atoms with Crippen molar-refractivity contribution in [2.45, 2.75) is 19.8 Å². The van der Waals surface area contributed by atoms with Crippen molar-refractivity contribution >= 4 is 34.3 Å². The lowest BCUT2D eigenvalue weighted by Crippen LogP contribution is -2.23. The zero-order valence-corrected chi connectivity index (χ0v) is 17.3. The summed E-state index contributed by atoms with van der Waals surface area (Å²) in [4.78, 5) is 31.4. The predicted molar refractivity (Wildman–Crippen MR) is 118 cm³/mol. The van der Waals surface area contributed by atoms with Crippen LogP contribution in [-0.2, 0) is 4.79 Å². The van der Waals surface area contributed by atoms with Gasteiger partial charge >= 0.3 is 0 Å². The van der Waals surface area contributed by atoms with Gasteiger partial charge in [0.15, 0.2) is 0 Å². The van der Waals surface area contributed by atoms with Gasteiger partial charge in [-0.15, -0.1) is 0 Å². The third kappa shape index (κ3) is 3.49. The van der Waals surface area contributed by atoms with Gasteiger partial charge in [-0.25, -0.2) is 9.37 Å². The molecular formula is C24H19FN4O3. The van der Waals surface area contributed by atoms with Gasteiger partial charge in [0, 0.05) is 29.9 Å². The molecule has 2 aromatic heterocycles. The standard InChI is InChI=1S/C24H19FN4O3/c1-14-22-18(13-20(27-24(22)32-28-14)17-8-2-3-9-19(17)25)23(31)26-15-6-4-7-16(12-15)29-11-5-10-21(29)30/h2-4,6-9,12-13H,5,10-11H2,1H3,(H,26,31). The number of hydrogen-bond donors (Lipinski definition) is 1. The summed E-state index contributed by atoms with van der Waals surface area (Å²) in [5.41, 5.74) is 2.74. The van der Waals surface area contributed by atoms with Crippen LogP contribution >= 0.6 is 0 Å². The number of halogens is 1. The number of nitrogens with one attached hydrogen (secondary N) is 1. The number of aromatic nitrogens is 2. The molecule has 5 rings (SSSR count). The van der Waals surface area contributed by atoms with Gasteiger partial charge in [-0.1, -0.05) is 23.4 Å². The Balaban J connectivity index is 1.53. The molecule has 4 aromatic rings. The number of carbonyl (C=O) groups excluding carboxylic acids is 2. The van der Waals surface area contributed by atoms with E-state index in [2.05, 4.69) is 15.5 Å². The van der Waals surface area contributed by atoms with Gasteiger partial charge in [0.2, 0.25) is 5.91 Å². The van der Waals surface area contributed by atoms with Gasteiger partial charge in [-0.05, 0) is 49.7 Å². The van der Waals surface area contributed by atoms with E-state index in [9.17, 15) is 14.0 Å². The molecule has 0 bridgehead atoms.